The predicted molar refractivity (Wildman–Crippen MR) is 93.7 cm³/mol. The highest BCUT2D eigenvalue weighted by atomic mass is 79.9. The number of nitrogens with zero attached hydrogens (tertiary/aromatic N) is 1. The first-order valence-electron chi connectivity index (χ1n) is 6.92. The molecular formula is C18H11BrN2. The maximum absolute atomic E-state index is 3.32. The van der Waals surface area contributed by atoms with Crippen molar-refractivity contribution in [2.75, 3.05) is 4.34 Å². The zero-order chi connectivity index (χ0) is 14.0. The predicted octanol–water partition coefficient (Wildman–Crippen LogP) is 5.56. The lowest BCUT2D eigenvalue weighted by atomic mass is 10.1. The zero-order valence-corrected chi connectivity index (χ0v) is 12.7. The van der Waals surface area contributed by atoms with E-state index >= 15 is 0 Å². The number of aromatic nitrogens is 1. The van der Waals surface area contributed by atoms with Gasteiger partial charge in [0.2, 0.25) is 0 Å². The van der Waals surface area contributed by atoms with Gasteiger partial charge in [0.15, 0.2) is 0 Å². The van der Waals surface area contributed by atoms with Crippen LogP contribution >= 0.6 is 16.1 Å². The number of rotatable bonds is 1. The number of hydrogen-bond acceptors (Lipinski definition) is 1. The number of benzene rings is 3. The monoisotopic (exact) mass is 334 g/mol. The molecule has 5 rings (SSSR count). The Morgan fingerprint density at radius 1 is 0.714 bits per heavy atom. The molecule has 0 saturated heterocycles. The van der Waals surface area contributed by atoms with Gasteiger partial charge in [0.05, 0.1) is 16.6 Å². The van der Waals surface area contributed by atoms with Gasteiger partial charge in [0.1, 0.15) is 0 Å². The molecule has 0 fully saturated rings. The van der Waals surface area contributed by atoms with E-state index in [9.17, 15) is 0 Å². The van der Waals surface area contributed by atoms with E-state index in [2.05, 4.69) is 85.6 Å². The molecule has 3 heteroatoms. The van der Waals surface area contributed by atoms with Crippen LogP contribution in [-0.4, -0.2) is 4.40 Å². The van der Waals surface area contributed by atoms with E-state index in [1.807, 2.05) is 0 Å². The molecule has 0 bridgehead atoms. The fourth-order valence-corrected chi connectivity index (χ4v) is 3.74. The Kier molecular flexibility index (Phi) is 2.11. The summed E-state index contributed by atoms with van der Waals surface area (Å²) < 4.78 is 5.43. The molecule has 0 aliphatic heterocycles. The summed E-state index contributed by atoms with van der Waals surface area (Å²) in [6.45, 7) is 0. The molecule has 2 heterocycles. The smallest absolute Gasteiger partial charge is 0.0620 e. The second-order valence-corrected chi connectivity index (χ2v) is 5.78. The lowest BCUT2D eigenvalue weighted by Crippen LogP contribution is -1.82. The van der Waals surface area contributed by atoms with Crippen LogP contribution in [0.5, 0.6) is 0 Å². The Bertz CT molecular complexity index is 1120. The van der Waals surface area contributed by atoms with Crippen molar-refractivity contribution in [1.29, 1.82) is 0 Å². The maximum Gasteiger partial charge on any atom is 0.0620 e. The van der Waals surface area contributed by atoms with Gasteiger partial charge in [-0.3, -0.25) is 0 Å². The molecule has 100 valence electrons. The van der Waals surface area contributed by atoms with Crippen molar-refractivity contribution in [3.8, 4) is 0 Å². The first kappa shape index (κ1) is 11.4. The van der Waals surface area contributed by atoms with Crippen LogP contribution in [0.25, 0.3) is 38.1 Å². The lowest BCUT2D eigenvalue weighted by molar-refractivity contribution is 1.37. The maximum atomic E-state index is 3.32. The summed E-state index contributed by atoms with van der Waals surface area (Å²) in [5.74, 6) is 0. The molecule has 0 aliphatic carbocycles. The first-order chi connectivity index (χ1) is 10.4. The van der Waals surface area contributed by atoms with E-state index in [-0.39, 0.29) is 0 Å². The van der Waals surface area contributed by atoms with E-state index in [1.165, 1.54) is 38.1 Å². The minimum atomic E-state index is 1.06. The van der Waals surface area contributed by atoms with Crippen LogP contribution in [0.4, 0.5) is 5.69 Å². The molecule has 3 aromatic carbocycles. The highest BCUT2D eigenvalue weighted by molar-refractivity contribution is 9.10. The third-order valence-electron chi connectivity index (χ3n) is 4.33. The van der Waals surface area contributed by atoms with Gasteiger partial charge in [0.25, 0.3) is 0 Å². The largest absolute Gasteiger partial charge is 0.322 e. The minimum Gasteiger partial charge on any atom is -0.322 e. The van der Waals surface area contributed by atoms with Crippen molar-refractivity contribution in [2.24, 2.45) is 0 Å². The number of anilines is 1. The van der Waals surface area contributed by atoms with Crippen molar-refractivity contribution in [2.45, 2.75) is 0 Å². The Hall–Kier alpha value is -2.26. The van der Waals surface area contributed by atoms with Gasteiger partial charge in [-0.05, 0) is 18.2 Å². The molecule has 2 nitrogen and oxygen atoms in total. The number of hydrogen-bond donors (Lipinski definition) is 1. The fraction of sp³-hybridized carbons (Fsp3) is 0. The lowest BCUT2D eigenvalue weighted by Gasteiger charge is -2.00. The number of para-hydroxylation sites is 2. The molecule has 21 heavy (non-hydrogen) atoms. The highest BCUT2D eigenvalue weighted by Crippen LogP contribution is 2.39. The molecular weight excluding hydrogens is 324 g/mol. The Labute approximate surface area is 129 Å². The quantitative estimate of drug-likeness (QED) is 0.397. The molecule has 1 N–H and O–H groups in total. The average Bonchev–Trinajstić information content (AvgIpc) is 3.06. The topological polar surface area (TPSA) is 16.4 Å². The second kappa shape index (κ2) is 3.89. The van der Waals surface area contributed by atoms with Crippen molar-refractivity contribution in [3.63, 3.8) is 0 Å². The molecule has 0 radical (unpaired) electrons. The fourth-order valence-electron chi connectivity index (χ4n) is 3.49. The normalized spacial score (nSPS) is 12.0. The van der Waals surface area contributed by atoms with Gasteiger partial charge in [0, 0.05) is 43.4 Å². The van der Waals surface area contributed by atoms with Gasteiger partial charge < -0.3 is 8.74 Å². The van der Waals surface area contributed by atoms with Crippen molar-refractivity contribution in [1.82, 2.24) is 4.40 Å². The van der Waals surface area contributed by atoms with E-state index in [0.717, 1.165) is 5.69 Å². The summed E-state index contributed by atoms with van der Waals surface area (Å²) in [6, 6.07) is 21.7. The average molecular weight is 335 g/mol. The Morgan fingerprint density at radius 2 is 1.43 bits per heavy atom. The SMILES string of the molecule is BrNc1ccc2c3cccc4c5ccccc5n(c2c1)c43. The second-order valence-electron chi connectivity index (χ2n) is 5.38. The summed E-state index contributed by atoms with van der Waals surface area (Å²) in [7, 11) is 0. The van der Waals surface area contributed by atoms with E-state index in [1.54, 1.807) is 0 Å². The third kappa shape index (κ3) is 1.32. The number of halogens is 1. The van der Waals surface area contributed by atoms with Gasteiger partial charge in [-0.2, -0.15) is 0 Å². The highest BCUT2D eigenvalue weighted by Gasteiger charge is 2.16. The third-order valence-corrected chi connectivity index (χ3v) is 4.79. The van der Waals surface area contributed by atoms with E-state index in [0.29, 0.717) is 0 Å². The van der Waals surface area contributed by atoms with Crippen LogP contribution in [0.2, 0.25) is 0 Å². The van der Waals surface area contributed by atoms with Gasteiger partial charge in [-0.1, -0.05) is 42.5 Å². The van der Waals surface area contributed by atoms with Gasteiger partial charge in [-0.25, -0.2) is 0 Å². The van der Waals surface area contributed by atoms with Crippen molar-refractivity contribution >= 4 is 59.9 Å². The molecule has 2 aromatic heterocycles. The standard InChI is InChI=1S/C18H11BrN2/c19-20-11-8-9-13-15-6-3-5-14-12-4-1-2-7-16(12)21(18(14)15)17(13)10-11/h1-10,20H. The summed E-state index contributed by atoms with van der Waals surface area (Å²) in [5.41, 5.74) is 4.89. The van der Waals surface area contributed by atoms with Crippen LogP contribution in [0.3, 0.4) is 0 Å². The Balaban J connectivity index is 2.19. The van der Waals surface area contributed by atoms with E-state index < -0.39 is 0 Å². The first-order valence-corrected chi connectivity index (χ1v) is 7.71. The van der Waals surface area contributed by atoms with Crippen LogP contribution in [-0.2, 0) is 0 Å². The number of fused-ring (bicyclic) bond motifs is 6. The molecule has 0 atom stereocenters. The summed E-state index contributed by atoms with van der Waals surface area (Å²) in [4.78, 5) is 0. The summed E-state index contributed by atoms with van der Waals surface area (Å²) in [5, 5.41) is 5.26. The van der Waals surface area contributed by atoms with Crippen LogP contribution in [0.15, 0.2) is 60.7 Å². The van der Waals surface area contributed by atoms with Crippen molar-refractivity contribution < 1.29 is 0 Å². The minimum absolute atomic E-state index is 1.06. The molecule has 0 amide bonds. The molecule has 0 saturated carbocycles. The van der Waals surface area contributed by atoms with Crippen LogP contribution in [0.1, 0.15) is 0 Å². The summed E-state index contributed by atoms with van der Waals surface area (Å²) >= 11 is 3.32. The number of nitrogens with one attached hydrogen (secondary N) is 1. The molecule has 5 aromatic rings. The Morgan fingerprint density at radius 3 is 2.24 bits per heavy atom. The summed E-state index contributed by atoms with van der Waals surface area (Å²) in [6.07, 6.45) is 0. The van der Waals surface area contributed by atoms with Gasteiger partial charge in [-0.15, -0.1) is 0 Å². The zero-order valence-electron chi connectivity index (χ0n) is 11.1. The van der Waals surface area contributed by atoms with Crippen molar-refractivity contribution in [3.05, 3.63) is 60.7 Å². The molecule has 0 unspecified atom stereocenters. The van der Waals surface area contributed by atoms with Crippen LogP contribution < -0.4 is 4.34 Å². The van der Waals surface area contributed by atoms with Gasteiger partial charge >= 0.3 is 0 Å². The molecule has 0 spiro atoms. The molecule has 0 aliphatic rings. The van der Waals surface area contributed by atoms with Crippen LogP contribution in [0, 0.1) is 0 Å². The van der Waals surface area contributed by atoms with E-state index in [4.69, 9.17) is 0 Å².